The van der Waals surface area contributed by atoms with Crippen LogP contribution in [0.5, 0.6) is 0 Å². The summed E-state index contributed by atoms with van der Waals surface area (Å²) in [6.45, 7) is 9.34. The van der Waals surface area contributed by atoms with Gasteiger partial charge in [-0.3, -0.25) is 0 Å². The molecule has 0 aliphatic rings. The molecular weight excluding hydrogens is 382 g/mol. The molecule has 2 heteroatoms. The van der Waals surface area contributed by atoms with E-state index in [1.807, 2.05) is 0 Å². The number of thiocarbonyl (C=S) groups is 1. The quantitative estimate of drug-likeness (QED) is 0.185. The molecule has 1 aromatic carbocycles. The first-order valence-electron chi connectivity index (χ1n) is 12.8. The molecule has 0 atom stereocenters. The monoisotopic (exact) mass is 431 g/mol. The van der Waals surface area contributed by atoms with Crippen LogP contribution in [0, 0.1) is 0 Å². The molecule has 30 heavy (non-hydrogen) atoms. The van der Waals surface area contributed by atoms with Crippen molar-refractivity contribution in [1.29, 1.82) is 0 Å². The second-order valence-corrected chi connectivity index (χ2v) is 10.3. The van der Waals surface area contributed by atoms with E-state index >= 15 is 0 Å². The minimum atomic E-state index is 0.628. The van der Waals surface area contributed by atoms with E-state index in [0.29, 0.717) is 16.8 Å². The van der Waals surface area contributed by atoms with Gasteiger partial charge in [0.25, 0.3) is 0 Å². The molecule has 0 aliphatic carbocycles. The molecule has 0 radical (unpaired) electrons. The minimum Gasteiger partial charge on any atom is -0.393 e. The van der Waals surface area contributed by atoms with Crippen LogP contribution in [0.4, 0.5) is 0 Å². The molecular formula is C28H49NS. The van der Waals surface area contributed by atoms with E-state index in [1.165, 1.54) is 89.9 Å². The van der Waals surface area contributed by atoms with Crippen LogP contribution in [-0.2, 0) is 6.42 Å². The summed E-state index contributed by atoms with van der Waals surface area (Å²) in [5, 5.41) is 0. The maximum Gasteiger partial charge on any atom is 0.0727 e. The molecule has 0 aromatic heterocycles. The van der Waals surface area contributed by atoms with Gasteiger partial charge in [-0.25, -0.2) is 0 Å². The average Bonchev–Trinajstić information content (AvgIpc) is 2.70. The fourth-order valence-electron chi connectivity index (χ4n) is 4.54. The van der Waals surface area contributed by atoms with Gasteiger partial charge in [0.05, 0.1) is 4.99 Å². The lowest BCUT2D eigenvalue weighted by atomic mass is 9.86. The molecule has 172 valence electrons. The van der Waals surface area contributed by atoms with Crippen LogP contribution in [0.15, 0.2) is 18.2 Å². The van der Waals surface area contributed by atoms with Crippen LogP contribution in [-0.4, -0.2) is 4.99 Å². The topological polar surface area (TPSA) is 26.0 Å². The average molecular weight is 432 g/mol. The van der Waals surface area contributed by atoms with Crippen LogP contribution < -0.4 is 5.73 Å². The van der Waals surface area contributed by atoms with Gasteiger partial charge < -0.3 is 5.73 Å². The first kappa shape index (κ1) is 27.1. The van der Waals surface area contributed by atoms with E-state index in [9.17, 15) is 0 Å². The molecule has 0 fully saturated rings. The standard InChI is InChI=1S/C28H49NS/c1-23(2)25-20-18-21-26(24(3)4)27(25)19-16-14-12-10-8-6-5-7-9-11-13-15-17-22-28(29)30/h18,20-21,23-24H,5-17,19,22H2,1-4H3,(H2,29,30). The van der Waals surface area contributed by atoms with Crippen molar-refractivity contribution in [3.8, 4) is 0 Å². The van der Waals surface area contributed by atoms with E-state index in [-0.39, 0.29) is 0 Å². The minimum absolute atomic E-state index is 0.628. The Morgan fingerprint density at radius 3 is 1.40 bits per heavy atom. The van der Waals surface area contributed by atoms with Crippen molar-refractivity contribution >= 4 is 17.2 Å². The Bertz CT molecular complexity index is 550. The molecule has 0 aliphatic heterocycles. The smallest absolute Gasteiger partial charge is 0.0727 e. The Hall–Kier alpha value is -0.890. The van der Waals surface area contributed by atoms with Gasteiger partial charge in [-0.1, -0.05) is 129 Å². The first-order chi connectivity index (χ1) is 14.4. The Morgan fingerprint density at radius 1 is 0.667 bits per heavy atom. The molecule has 1 nitrogen and oxygen atoms in total. The zero-order valence-corrected chi connectivity index (χ0v) is 21.3. The normalized spacial score (nSPS) is 11.5. The van der Waals surface area contributed by atoms with Crippen molar-refractivity contribution in [3.63, 3.8) is 0 Å². The second-order valence-electron chi connectivity index (χ2n) is 9.79. The molecule has 1 rings (SSSR count). The third kappa shape index (κ3) is 12.1. The van der Waals surface area contributed by atoms with Crippen LogP contribution >= 0.6 is 12.2 Å². The summed E-state index contributed by atoms with van der Waals surface area (Å²) < 4.78 is 0. The maximum absolute atomic E-state index is 5.53. The predicted molar refractivity (Wildman–Crippen MR) is 140 cm³/mol. The zero-order valence-electron chi connectivity index (χ0n) is 20.5. The van der Waals surface area contributed by atoms with Crippen molar-refractivity contribution in [2.24, 2.45) is 5.73 Å². The molecule has 0 amide bonds. The lowest BCUT2D eigenvalue weighted by Gasteiger charge is -2.19. The number of unbranched alkanes of at least 4 members (excludes halogenated alkanes) is 12. The molecule has 0 unspecified atom stereocenters. The van der Waals surface area contributed by atoms with Crippen molar-refractivity contribution in [2.45, 2.75) is 136 Å². The highest BCUT2D eigenvalue weighted by molar-refractivity contribution is 7.80. The highest BCUT2D eigenvalue weighted by Gasteiger charge is 2.13. The SMILES string of the molecule is CC(C)c1cccc(C(C)C)c1CCCCCCCCCCCCCCCC(N)=S. The summed E-state index contributed by atoms with van der Waals surface area (Å²) in [5.74, 6) is 1.26. The van der Waals surface area contributed by atoms with Crippen molar-refractivity contribution in [1.82, 2.24) is 0 Å². The van der Waals surface area contributed by atoms with E-state index in [4.69, 9.17) is 18.0 Å². The summed E-state index contributed by atoms with van der Waals surface area (Å²) in [5.41, 5.74) is 10.3. The Morgan fingerprint density at radius 2 is 1.03 bits per heavy atom. The van der Waals surface area contributed by atoms with E-state index in [1.54, 1.807) is 16.7 Å². The van der Waals surface area contributed by atoms with Gasteiger partial charge in [0.1, 0.15) is 0 Å². The maximum atomic E-state index is 5.53. The highest BCUT2D eigenvalue weighted by atomic mass is 32.1. The van der Waals surface area contributed by atoms with Crippen molar-refractivity contribution in [3.05, 3.63) is 34.9 Å². The Balaban J connectivity index is 2.05. The van der Waals surface area contributed by atoms with Gasteiger partial charge in [-0.2, -0.15) is 0 Å². The van der Waals surface area contributed by atoms with Gasteiger partial charge in [0, 0.05) is 0 Å². The molecule has 0 heterocycles. The van der Waals surface area contributed by atoms with Crippen molar-refractivity contribution in [2.75, 3.05) is 0 Å². The Kier molecular flexibility index (Phi) is 15.2. The number of benzene rings is 1. The van der Waals surface area contributed by atoms with E-state index in [0.717, 1.165) is 6.42 Å². The number of nitrogens with two attached hydrogens (primary N) is 1. The van der Waals surface area contributed by atoms with Crippen LogP contribution in [0.1, 0.15) is 146 Å². The van der Waals surface area contributed by atoms with E-state index < -0.39 is 0 Å². The van der Waals surface area contributed by atoms with Gasteiger partial charge >= 0.3 is 0 Å². The second kappa shape index (κ2) is 16.8. The highest BCUT2D eigenvalue weighted by Crippen LogP contribution is 2.29. The Labute approximate surface area is 193 Å². The van der Waals surface area contributed by atoms with Gasteiger partial charge in [-0.15, -0.1) is 0 Å². The first-order valence-corrected chi connectivity index (χ1v) is 13.2. The predicted octanol–water partition coefficient (Wildman–Crippen LogP) is 9.22. The third-order valence-corrected chi connectivity index (χ3v) is 6.55. The fourth-order valence-corrected chi connectivity index (χ4v) is 4.68. The van der Waals surface area contributed by atoms with Gasteiger partial charge in [0.2, 0.25) is 0 Å². The third-order valence-electron chi connectivity index (χ3n) is 6.34. The lowest BCUT2D eigenvalue weighted by molar-refractivity contribution is 0.537. The molecule has 0 spiro atoms. The zero-order chi connectivity index (χ0) is 22.2. The summed E-state index contributed by atoms with van der Waals surface area (Å²) in [6.07, 6.45) is 20.0. The molecule has 0 saturated carbocycles. The number of rotatable bonds is 18. The largest absolute Gasteiger partial charge is 0.393 e. The number of hydrogen-bond acceptors (Lipinski definition) is 1. The van der Waals surface area contributed by atoms with Crippen LogP contribution in [0.2, 0.25) is 0 Å². The molecule has 0 saturated heterocycles. The summed E-state index contributed by atoms with van der Waals surface area (Å²) in [6, 6.07) is 6.95. The molecule has 1 aromatic rings. The fraction of sp³-hybridized carbons (Fsp3) is 0.750. The molecule has 2 N–H and O–H groups in total. The van der Waals surface area contributed by atoms with Crippen LogP contribution in [0.25, 0.3) is 0 Å². The summed E-state index contributed by atoms with van der Waals surface area (Å²) >= 11 is 4.92. The van der Waals surface area contributed by atoms with Gasteiger partial charge in [-0.05, 0) is 54.2 Å². The van der Waals surface area contributed by atoms with Crippen LogP contribution in [0.3, 0.4) is 0 Å². The van der Waals surface area contributed by atoms with Gasteiger partial charge in [0.15, 0.2) is 0 Å². The summed E-state index contributed by atoms with van der Waals surface area (Å²) in [7, 11) is 0. The summed E-state index contributed by atoms with van der Waals surface area (Å²) in [4.78, 5) is 0.677. The van der Waals surface area contributed by atoms with E-state index in [2.05, 4.69) is 45.9 Å². The number of hydrogen-bond donors (Lipinski definition) is 1. The van der Waals surface area contributed by atoms with Crippen molar-refractivity contribution < 1.29 is 0 Å². The lowest BCUT2D eigenvalue weighted by Crippen LogP contribution is -2.06. The molecule has 0 bridgehead atoms.